The normalized spacial score (nSPS) is 21.2. The summed E-state index contributed by atoms with van der Waals surface area (Å²) in [5, 5.41) is 3.61. The highest BCUT2D eigenvalue weighted by molar-refractivity contribution is 5.36. The third-order valence-electron chi connectivity index (χ3n) is 5.14. The molecule has 1 aliphatic heterocycles. The molecule has 1 atom stereocenters. The lowest BCUT2D eigenvalue weighted by molar-refractivity contribution is 0.328. The second kappa shape index (κ2) is 6.52. The summed E-state index contributed by atoms with van der Waals surface area (Å²) in [4.78, 5) is 11.6. The number of aryl methyl sites for hydroxylation is 2. The first-order valence-corrected chi connectivity index (χ1v) is 9.05. The maximum atomic E-state index is 4.69. The third kappa shape index (κ3) is 3.59. The Hall–Kier alpha value is -1.94. The molecular formula is C20H26N4. The van der Waals surface area contributed by atoms with Crippen molar-refractivity contribution >= 4 is 5.82 Å². The summed E-state index contributed by atoms with van der Waals surface area (Å²) >= 11 is 0. The van der Waals surface area contributed by atoms with E-state index in [1.165, 1.54) is 36.0 Å². The average Bonchev–Trinajstić information content (AvgIpc) is 3.34. The first kappa shape index (κ1) is 15.6. The molecule has 2 aromatic rings. The van der Waals surface area contributed by atoms with Gasteiger partial charge in [-0.1, -0.05) is 23.8 Å². The molecule has 4 nitrogen and oxygen atoms in total. The Morgan fingerprint density at radius 1 is 1.17 bits per heavy atom. The fourth-order valence-corrected chi connectivity index (χ4v) is 3.51. The van der Waals surface area contributed by atoms with Gasteiger partial charge in [0.15, 0.2) is 0 Å². The van der Waals surface area contributed by atoms with Crippen LogP contribution in [0.5, 0.6) is 0 Å². The van der Waals surface area contributed by atoms with Gasteiger partial charge in [0.2, 0.25) is 0 Å². The fraction of sp³-hybridized carbons (Fsp3) is 0.500. The van der Waals surface area contributed by atoms with Crippen LogP contribution in [0.15, 0.2) is 30.5 Å². The molecule has 4 rings (SSSR count). The predicted molar refractivity (Wildman–Crippen MR) is 97.2 cm³/mol. The lowest BCUT2D eigenvalue weighted by Gasteiger charge is -2.18. The van der Waals surface area contributed by atoms with E-state index in [0.717, 1.165) is 31.3 Å². The number of benzene rings is 1. The van der Waals surface area contributed by atoms with E-state index in [1.54, 1.807) is 0 Å². The van der Waals surface area contributed by atoms with Crippen molar-refractivity contribution in [1.82, 2.24) is 14.9 Å². The maximum absolute atomic E-state index is 4.69. The van der Waals surface area contributed by atoms with Crippen LogP contribution in [0, 0.1) is 13.8 Å². The van der Waals surface area contributed by atoms with E-state index in [0.29, 0.717) is 12.0 Å². The highest BCUT2D eigenvalue weighted by atomic mass is 15.2. The van der Waals surface area contributed by atoms with Crippen molar-refractivity contribution in [3.63, 3.8) is 0 Å². The Balaban J connectivity index is 1.36. The molecule has 0 amide bonds. The molecule has 1 aliphatic carbocycles. The molecule has 2 fully saturated rings. The van der Waals surface area contributed by atoms with Gasteiger partial charge in [0, 0.05) is 37.8 Å². The Morgan fingerprint density at radius 2 is 2.04 bits per heavy atom. The Kier molecular flexibility index (Phi) is 4.23. The molecule has 2 heterocycles. The Morgan fingerprint density at radius 3 is 2.88 bits per heavy atom. The lowest BCUT2D eigenvalue weighted by atomic mass is 10.1. The summed E-state index contributed by atoms with van der Waals surface area (Å²) < 4.78 is 0. The zero-order chi connectivity index (χ0) is 16.5. The van der Waals surface area contributed by atoms with Gasteiger partial charge >= 0.3 is 0 Å². The Labute approximate surface area is 144 Å². The fourth-order valence-electron chi connectivity index (χ4n) is 3.51. The van der Waals surface area contributed by atoms with Gasteiger partial charge in [-0.2, -0.15) is 0 Å². The zero-order valence-electron chi connectivity index (χ0n) is 14.6. The number of hydrogen-bond acceptors (Lipinski definition) is 4. The summed E-state index contributed by atoms with van der Waals surface area (Å²) in [7, 11) is 0. The highest BCUT2D eigenvalue weighted by Crippen LogP contribution is 2.38. The van der Waals surface area contributed by atoms with Gasteiger partial charge in [-0.3, -0.25) is 4.90 Å². The number of rotatable bonds is 5. The number of hydrogen-bond donors (Lipinski definition) is 1. The molecule has 1 unspecified atom stereocenters. The average molecular weight is 322 g/mol. The topological polar surface area (TPSA) is 41.0 Å². The van der Waals surface area contributed by atoms with Crippen LogP contribution in [0.3, 0.4) is 0 Å². The zero-order valence-corrected chi connectivity index (χ0v) is 14.6. The van der Waals surface area contributed by atoms with Crippen molar-refractivity contribution < 1.29 is 0 Å². The second-order valence-corrected chi connectivity index (χ2v) is 7.37. The van der Waals surface area contributed by atoms with Crippen molar-refractivity contribution in [3.8, 4) is 0 Å². The molecule has 1 N–H and O–H groups in total. The number of nitrogens with zero attached hydrogens (tertiary/aromatic N) is 3. The molecule has 1 saturated heterocycles. The Bertz CT molecular complexity index is 723. The predicted octanol–water partition coefficient (Wildman–Crippen LogP) is 3.66. The van der Waals surface area contributed by atoms with E-state index in [4.69, 9.17) is 4.98 Å². The molecule has 4 heteroatoms. The van der Waals surface area contributed by atoms with E-state index in [1.807, 2.05) is 12.3 Å². The van der Waals surface area contributed by atoms with Crippen molar-refractivity contribution in [3.05, 3.63) is 53.0 Å². The molecule has 1 saturated carbocycles. The first-order valence-electron chi connectivity index (χ1n) is 9.05. The number of nitrogens with one attached hydrogen (secondary N) is 1. The minimum absolute atomic E-state index is 0.483. The van der Waals surface area contributed by atoms with E-state index in [-0.39, 0.29) is 0 Å². The van der Waals surface area contributed by atoms with E-state index in [9.17, 15) is 0 Å². The van der Waals surface area contributed by atoms with E-state index in [2.05, 4.69) is 47.2 Å². The van der Waals surface area contributed by atoms with Gasteiger partial charge < -0.3 is 5.32 Å². The molecular weight excluding hydrogens is 296 g/mol. The van der Waals surface area contributed by atoms with Gasteiger partial charge in [-0.25, -0.2) is 9.97 Å². The van der Waals surface area contributed by atoms with Crippen LogP contribution in [0.2, 0.25) is 0 Å². The summed E-state index contributed by atoms with van der Waals surface area (Å²) in [5.41, 5.74) is 4.19. The summed E-state index contributed by atoms with van der Waals surface area (Å²) in [6.45, 7) is 7.65. The van der Waals surface area contributed by atoms with Crippen molar-refractivity contribution in [2.75, 3.05) is 18.4 Å². The van der Waals surface area contributed by atoms with Gasteiger partial charge in [-0.05, 0) is 50.3 Å². The molecule has 1 aromatic carbocycles. The van der Waals surface area contributed by atoms with Gasteiger partial charge in [0.05, 0.1) is 0 Å². The number of aromatic nitrogens is 2. The van der Waals surface area contributed by atoms with Crippen molar-refractivity contribution in [2.45, 2.75) is 51.6 Å². The standard InChI is InChI=1S/C20H26N4/c1-14-3-4-15(2)17(11-14)12-24-10-8-18(13-24)22-19-7-9-21-20(23-19)16-5-6-16/h3-4,7,9,11,16,18H,5-6,8,10,12-13H2,1-2H3,(H,21,22,23). The highest BCUT2D eigenvalue weighted by Gasteiger charge is 2.27. The molecule has 1 aromatic heterocycles. The summed E-state index contributed by atoms with van der Waals surface area (Å²) in [6, 6.07) is 9.23. The van der Waals surface area contributed by atoms with Crippen LogP contribution in [0.1, 0.15) is 47.7 Å². The minimum atomic E-state index is 0.483. The van der Waals surface area contributed by atoms with Gasteiger partial charge in [-0.15, -0.1) is 0 Å². The van der Waals surface area contributed by atoms with Crippen LogP contribution in [-0.4, -0.2) is 34.0 Å². The SMILES string of the molecule is Cc1ccc(C)c(CN2CCC(Nc3ccnc(C4CC4)n3)C2)c1. The second-order valence-electron chi connectivity index (χ2n) is 7.37. The number of likely N-dealkylation sites (tertiary alicyclic amines) is 1. The monoisotopic (exact) mass is 322 g/mol. The van der Waals surface area contributed by atoms with E-state index >= 15 is 0 Å². The molecule has 0 bridgehead atoms. The quantitative estimate of drug-likeness (QED) is 0.912. The van der Waals surface area contributed by atoms with Crippen molar-refractivity contribution in [1.29, 1.82) is 0 Å². The van der Waals surface area contributed by atoms with Crippen molar-refractivity contribution in [2.24, 2.45) is 0 Å². The summed E-state index contributed by atoms with van der Waals surface area (Å²) in [5.74, 6) is 2.62. The van der Waals surface area contributed by atoms with Gasteiger partial charge in [0.25, 0.3) is 0 Å². The van der Waals surface area contributed by atoms with Crippen LogP contribution >= 0.6 is 0 Å². The smallest absolute Gasteiger partial charge is 0.133 e. The number of anilines is 1. The third-order valence-corrected chi connectivity index (χ3v) is 5.14. The lowest BCUT2D eigenvalue weighted by Crippen LogP contribution is -2.26. The molecule has 0 radical (unpaired) electrons. The maximum Gasteiger partial charge on any atom is 0.133 e. The molecule has 126 valence electrons. The molecule has 24 heavy (non-hydrogen) atoms. The summed E-state index contributed by atoms with van der Waals surface area (Å²) in [6.07, 6.45) is 5.56. The van der Waals surface area contributed by atoms with E-state index < -0.39 is 0 Å². The van der Waals surface area contributed by atoms with Crippen LogP contribution in [0.4, 0.5) is 5.82 Å². The van der Waals surface area contributed by atoms with Crippen LogP contribution in [-0.2, 0) is 6.54 Å². The minimum Gasteiger partial charge on any atom is -0.366 e. The molecule has 0 spiro atoms. The van der Waals surface area contributed by atoms with Crippen LogP contribution < -0.4 is 5.32 Å². The largest absolute Gasteiger partial charge is 0.366 e. The van der Waals surface area contributed by atoms with Crippen LogP contribution in [0.25, 0.3) is 0 Å². The van der Waals surface area contributed by atoms with Gasteiger partial charge in [0.1, 0.15) is 11.6 Å². The molecule has 2 aliphatic rings. The first-order chi connectivity index (χ1) is 11.7.